The Hall–Kier alpha value is -1.40. The van der Waals surface area contributed by atoms with Crippen molar-refractivity contribution in [2.45, 2.75) is 13.8 Å². The van der Waals surface area contributed by atoms with Crippen LogP contribution in [-0.2, 0) is 4.79 Å². The average Bonchev–Trinajstić information content (AvgIpc) is 2.65. The van der Waals surface area contributed by atoms with Crippen molar-refractivity contribution in [1.29, 1.82) is 0 Å². The second-order valence-corrected chi connectivity index (χ2v) is 5.82. The topological polar surface area (TPSA) is 32.8 Å². The molecule has 4 nitrogen and oxygen atoms in total. The minimum absolute atomic E-state index is 0.0765. The third kappa shape index (κ3) is 3.11. The standard InChI is InChI=1S/C15H17BrN2O2S/c1-4-18-14(19)12(17(3)15(18)21)9-10-8-11(16)6-7-13(10)20-5-2/h6-9H,4-5H2,1-3H3/b12-9-. The summed E-state index contributed by atoms with van der Waals surface area (Å²) in [6, 6.07) is 5.72. The van der Waals surface area contributed by atoms with Gasteiger partial charge in [-0.05, 0) is 50.3 Å². The summed E-state index contributed by atoms with van der Waals surface area (Å²) in [6.07, 6.45) is 1.82. The molecule has 112 valence electrons. The number of hydrogen-bond acceptors (Lipinski definition) is 3. The van der Waals surface area contributed by atoms with Gasteiger partial charge in [-0.1, -0.05) is 15.9 Å². The number of rotatable bonds is 4. The number of carbonyl (C=O) groups excluding carboxylic acids is 1. The minimum atomic E-state index is -0.0765. The third-order valence-electron chi connectivity index (χ3n) is 3.22. The first-order valence-electron chi connectivity index (χ1n) is 6.73. The van der Waals surface area contributed by atoms with Gasteiger partial charge in [0.05, 0.1) is 6.61 Å². The maximum absolute atomic E-state index is 12.4. The summed E-state index contributed by atoms with van der Waals surface area (Å²) in [5, 5.41) is 0.529. The highest BCUT2D eigenvalue weighted by molar-refractivity contribution is 9.10. The highest BCUT2D eigenvalue weighted by Gasteiger charge is 2.34. The number of amides is 1. The van der Waals surface area contributed by atoms with E-state index >= 15 is 0 Å². The van der Waals surface area contributed by atoms with Crippen molar-refractivity contribution in [2.75, 3.05) is 20.2 Å². The van der Waals surface area contributed by atoms with E-state index < -0.39 is 0 Å². The number of hydrogen-bond donors (Lipinski definition) is 0. The Morgan fingerprint density at radius 3 is 2.67 bits per heavy atom. The van der Waals surface area contributed by atoms with E-state index in [0.29, 0.717) is 24.0 Å². The Bertz CT molecular complexity index is 616. The molecule has 0 atom stereocenters. The Kier molecular flexibility index (Phi) is 5.00. The van der Waals surface area contributed by atoms with Gasteiger partial charge in [-0.25, -0.2) is 0 Å². The van der Waals surface area contributed by atoms with E-state index in [1.165, 1.54) is 0 Å². The second-order valence-electron chi connectivity index (χ2n) is 4.54. The summed E-state index contributed by atoms with van der Waals surface area (Å²) in [6.45, 7) is 4.97. The van der Waals surface area contributed by atoms with Crippen LogP contribution < -0.4 is 4.74 Å². The molecule has 1 aliphatic rings. The van der Waals surface area contributed by atoms with Crippen molar-refractivity contribution in [3.8, 4) is 5.75 Å². The van der Waals surface area contributed by atoms with Crippen LogP contribution in [0.4, 0.5) is 0 Å². The molecule has 1 aromatic carbocycles. The molecule has 0 aliphatic carbocycles. The van der Waals surface area contributed by atoms with Gasteiger partial charge in [0.2, 0.25) is 0 Å². The molecule has 1 amide bonds. The zero-order chi connectivity index (χ0) is 15.6. The van der Waals surface area contributed by atoms with E-state index in [4.69, 9.17) is 17.0 Å². The molecule has 0 bridgehead atoms. The van der Waals surface area contributed by atoms with Crippen LogP contribution in [0.2, 0.25) is 0 Å². The molecule has 0 N–H and O–H groups in total. The van der Waals surface area contributed by atoms with E-state index in [1.54, 1.807) is 16.8 Å². The fraction of sp³-hybridized carbons (Fsp3) is 0.333. The first kappa shape index (κ1) is 16.0. The van der Waals surface area contributed by atoms with Crippen molar-refractivity contribution < 1.29 is 9.53 Å². The number of halogens is 1. The van der Waals surface area contributed by atoms with E-state index in [2.05, 4.69) is 15.9 Å². The van der Waals surface area contributed by atoms with Gasteiger partial charge in [0, 0.05) is 23.6 Å². The summed E-state index contributed by atoms with van der Waals surface area (Å²) in [5.74, 6) is 0.669. The Morgan fingerprint density at radius 2 is 2.10 bits per heavy atom. The predicted octanol–water partition coefficient (Wildman–Crippen LogP) is 3.27. The third-order valence-corrected chi connectivity index (χ3v) is 4.21. The SMILES string of the molecule is CCOc1ccc(Br)cc1/C=C1/C(=O)N(CC)C(=S)N1C. The predicted molar refractivity (Wildman–Crippen MR) is 91.0 cm³/mol. The molecule has 21 heavy (non-hydrogen) atoms. The lowest BCUT2D eigenvalue weighted by Gasteiger charge is -2.13. The number of thiocarbonyl (C=S) groups is 1. The lowest BCUT2D eigenvalue weighted by atomic mass is 10.1. The minimum Gasteiger partial charge on any atom is -0.493 e. The molecule has 0 radical (unpaired) electrons. The maximum atomic E-state index is 12.4. The molecule has 1 saturated heterocycles. The summed E-state index contributed by atoms with van der Waals surface area (Å²) in [4.78, 5) is 15.7. The van der Waals surface area contributed by atoms with Crippen molar-refractivity contribution in [1.82, 2.24) is 9.80 Å². The second kappa shape index (κ2) is 6.58. The van der Waals surface area contributed by atoms with Gasteiger partial charge < -0.3 is 9.64 Å². The Labute approximate surface area is 138 Å². The fourth-order valence-corrected chi connectivity index (χ4v) is 2.85. The van der Waals surface area contributed by atoms with Crippen molar-refractivity contribution in [3.63, 3.8) is 0 Å². The molecule has 0 spiro atoms. The first-order chi connectivity index (χ1) is 9.99. The van der Waals surface area contributed by atoms with E-state index in [0.717, 1.165) is 15.8 Å². The molecule has 0 aromatic heterocycles. The van der Waals surface area contributed by atoms with Crippen LogP contribution in [-0.4, -0.2) is 41.0 Å². The lowest BCUT2D eigenvalue weighted by molar-refractivity contribution is -0.122. The fourth-order valence-electron chi connectivity index (χ4n) is 2.16. The molecular formula is C15H17BrN2O2S. The molecular weight excluding hydrogens is 352 g/mol. The number of nitrogens with zero attached hydrogens (tertiary/aromatic N) is 2. The van der Waals surface area contributed by atoms with Crippen molar-refractivity contribution >= 4 is 45.2 Å². The van der Waals surface area contributed by atoms with E-state index in [1.807, 2.05) is 38.1 Å². The monoisotopic (exact) mass is 368 g/mol. The van der Waals surface area contributed by atoms with Gasteiger partial charge in [0.15, 0.2) is 5.11 Å². The summed E-state index contributed by atoms with van der Waals surface area (Å²) in [7, 11) is 1.81. The van der Waals surface area contributed by atoms with Gasteiger partial charge in [-0.15, -0.1) is 0 Å². The number of carbonyl (C=O) groups is 1. The van der Waals surface area contributed by atoms with Gasteiger partial charge in [-0.2, -0.15) is 0 Å². The van der Waals surface area contributed by atoms with Crippen molar-refractivity contribution in [3.05, 3.63) is 33.9 Å². The Morgan fingerprint density at radius 1 is 1.38 bits per heavy atom. The summed E-state index contributed by atoms with van der Waals surface area (Å²) < 4.78 is 6.54. The molecule has 2 rings (SSSR count). The smallest absolute Gasteiger partial charge is 0.276 e. The van der Waals surface area contributed by atoms with Crippen LogP contribution in [0.15, 0.2) is 28.4 Å². The van der Waals surface area contributed by atoms with Crippen LogP contribution in [0.5, 0.6) is 5.75 Å². The number of likely N-dealkylation sites (N-methyl/N-ethyl adjacent to an activating group) is 2. The van der Waals surface area contributed by atoms with Crippen molar-refractivity contribution in [2.24, 2.45) is 0 Å². The highest BCUT2D eigenvalue weighted by Crippen LogP contribution is 2.28. The zero-order valence-electron chi connectivity index (χ0n) is 12.2. The van der Waals surface area contributed by atoms with Crippen LogP contribution in [0.1, 0.15) is 19.4 Å². The number of ether oxygens (including phenoxy) is 1. The summed E-state index contributed by atoms with van der Waals surface area (Å²) >= 11 is 8.74. The molecule has 1 heterocycles. The van der Waals surface area contributed by atoms with Crippen LogP contribution >= 0.6 is 28.1 Å². The quantitative estimate of drug-likeness (QED) is 0.603. The molecule has 1 aliphatic heterocycles. The average molecular weight is 369 g/mol. The number of benzene rings is 1. The van der Waals surface area contributed by atoms with Gasteiger partial charge >= 0.3 is 0 Å². The normalized spacial score (nSPS) is 17.0. The van der Waals surface area contributed by atoms with Crippen LogP contribution in [0.25, 0.3) is 6.08 Å². The van der Waals surface area contributed by atoms with Gasteiger partial charge in [0.25, 0.3) is 5.91 Å². The van der Waals surface area contributed by atoms with Crippen LogP contribution in [0.3, 0.4) is 0 Å². The zero-order valence-corrected chi connectivity index (χ0v) is 14.6. The molecule has 0 saturated carbocycles. The molecule has 0 unspecified atom stereocenters. The van der Waals surface area contributed by atoms with Gasteiger partial charge in [-0.3, -0.25) is 9.69 Å². The molecule has 1 fully saturated rings. The maximum Gasteiger partial charge on any atom is 0.276 e. The highest BCUT2D eigenvalue weighted by atomic mass is 79.9. The molecule has 1 aromatic rings. The van der Waals surface area contributed by atoms with Crippen LogP contribution in [0, 0.1) is 0 Å². The van der Waals surface area contributed by atoms with E-state index in [-0.39, 0.29) is 5.91 Å². The Balaban J connectivity index is 2.46. The lowest BCUT2D eigenvalue weighted by Crippen LogP contribution is -2.30. The first-order valence-corrected chi connectivity index (χ1v) is 7.93. The summed E-state index contributed by atoms with van der Waals surface area (Å²) in [5.41, 5.74) is 1.41. The van der Waals surface area contributed by atoms with E-state index in [9.17, 15) is 4.79 Å². The molecule has 6 heteroatoms. The van der Waals surface area contributed by atoms with Gasteiger partial charge in [0.1, 0.15) is 11.4 Å². The largest absolute Gasteiger partial charge is 0.493 e.